The molecule has 4 nitrogen and oxygen atoms in total. The number of anilines is 1. The van der Waals surface area contributed by atoms with Crippen LogP contribution in [-0.4, -0.2) is 18.2 Å². The summed E-state index contributed by atoms with van der Waals surface area (Å²) in [7, 11) is 1.60. The van der Waals surface area contributed by atoms with Gasteiger partial charge in [0.05, 0.1) is 12.7 Å². The Balaban J connectivity index is 2.03. The summed E-state index contributed by atoms with van der Waals surface area (Å²) >= 11 is 0. The first-order valence-corrected chi connectivity index (χ1v) is 6.00. The molecule has 0 unspecified atom stereocenters. The molecule has 0 bridgehead atoms. The van der Waals surface area contributed by atoms with E-state index >= 15 is 0 Å². The standard InChI is InChI=1S/C15H14FNO3/c1-20-12-5-2-10(3-6-12)9-17-11-4-7-13(15(18)19)14(16)8-11/h2-8,17H,9H2,1H3,(H,18,19). The molecule has 0 radical (unpaired) electrons. The van der Waals surface area contributed by atoms with Crippen LogP contribution in [-0.2, 0) is 6.54 Å². The molecular weight excluding hydrogens is 261 g/mol. The number of ether oxygens (including phenoxy) is 1. The van der Waals surface area contributed by atoms with Crippen molar-refractivity contribution in [2.24, 2.45) is 0 Å². The molecule has 5 heteroatoms. The largest absolute Gasteiger partial charge is 0.497 e. The molecule has 0 saturated heterocycles. The topological polar surface area (TPSA) is 58.6 Å². The van der Waals surface area contributed by atoms with Gasteiger partial charge in [0.25, 0.3) is 0 Å². The molecule has 2 rings (SSSR count). The fourth-order valence-corrected chi connectivity index (χ4v) is 1.75. The second kappa shape index (κ2) is 6.06. The average molecular weight is 275 g/mol. The third-order valence-corrected chi connectivity index (χ3v) is 2.86. The molecular formula is C15H14FNO3. The predicted molar refractivity (Wildman–Crippen MR) is 73.7 cm³/mol. The fraction of sp³-hybridized carbons (Fsp3) is 0.133. The van der Waals surface area contributed by atoms with Crippen LogP contribution in [0, 0.1) is 5.82 Å². The van der Waals surface area contributed by atoms with Crippen LogP contribution in [0.25, 0.3) is 0 Å². The number of halogens is 1. The quantitative estimate of drug-likeness (QED) is 0.880. The van der Waals surface area contributed by atoms with Gasteiger partial charge in [-0.15, -0.1) is 0 Å². The van der Waals surface area contributed by atoms with E-state index in [0.717, 1.165) is 11.3 Å². The van der Waals surface area contributed by atoms with Gasteiger partial charge < -0.3 is 15.2 Å². The number of carboxylic acid groups (broad SMARTS) is 1. The number of nitrogens with one attached hydrogen (secondary N) is 1. The van der Waals surface area contributed by atoms with E-state index in [0.29, 0.717) is 12.2 Å². The van der Waals surface area contributed by atoms with Crippen LogP contribution < -0.4 is 10.1 Å². The summed E-state index contributed by atoms with van der Waals surface area (Å²) in [6.45, 7) is 0.510. The molecule has 2 aromatic carbocycles. The molecule has 0 fully saturated rings. The summed E-state index contributed by atoms with van der Waals surface area (Å²) in [4.78, 5) is 10.7. The van der Waals surface area contributed by atoms with Crippen LogP contribution in [0.15, 0.2) is 42.5 Å². The van der Waals surface area contributed by atoms with Crippen LogP contribution in [0.1, 0.15) is 15.9 Å². The first-order chi connectivity index (χ1) is 9.60. The Hall–Kier alpha value is -2.56. The Morgan fingerprint density at radius 3 is 2.50 bits per heavy atom. The summed E-state index contributed by atoms with van der Waals surface area (Å²) < 4.78 is 18.5. The average Bonchev–Trinajstić information content (AvgIpc) is 2.45. The van der Waals surface area contributed by atoms with Gasteiger partial charge in [0.1, 0.15) is 11.6 Å². The molecule has 0 aliphatic carbocycles. The van der Waals surface area contributed by atoms with Gasteiger partial charge in [-0.3, -0.25) is 0 Å². The highest BCUT2D eigenvalue weighted by Crippen LogP contribution is 2.16. The maximum absolute atomic E-state index is 13.5. The predicted octanol–water partition coefficient (Wildman–Crippen LogP) is 3.14. The maximum Gasteiger partial charge on any atom is 0.338 e. The van der Waals surface area contributed by atoms with Crippen molar-refractivity contribution in [2.75, 3.05) is 12.4 Å². The van der Waals surface area contributed by atoms with Crippen molar-refractivity contribution in [1.82, 2.24) is 0 Å². The number of benzene rings is 2. The van der Waals surface area contributed by atoms with Crippen molar-refractivity contribution >= 4 is 11.7 Å². The monoisotopic (exact) mass is 275 g/mol. The smallest absolute Gasteiger partial charge is 0.338 e. The van der Waals surface area contributed by atoms with Gasteiger partial charge in [0.15, 0.2) is 0 Å². The van der Waals surface area contributed by atoms with Crippen molar-refractivity contribution in [3.8, 4) is 5.75 Å². The van der Waals surface area contributed by atoms with Gasteiger partial charge in [0.2, 0.25) is 0 Å². The highest BCUT2D eigenvalue weighted by Gasteiger charge is 2.10. The Bertz CT molecular complexity index is 611. The number of hydrogen-bond donors (Lipinski definition) is 2. The Morgan fingerprint density at radius 2 is 1.95 bits per heavy atom. The van der Waals surface area contributed by atoms with E-state index in [1.165, 1.54) is 18.2 Å². The molecule has 0 amide bonds. The Morgan fingerprint density at radius 1 is 1.25 bits per heavy atom. The highest BCUT2D eigenvalue weighted by molar-refractivity contribution is 5.88. The van der Waals surface area contributed by atoms with Gasteiger partial charge in [-0.2, -0.15) is 0 Å². The van der Waals surface area contributed by atoms with Crippen molar-refractivity contribution in [1.29, 1.82) is 0 Å². The number of hydrogen-bond acceptors (Lipinski definition) is 3. The molecule has 0 aromatic heterocycles. The molecule has 104 valence electrons. The zero-order valence-electron chi connectivity index (χ0n) is 10.9. The minimum Gasteiger partial charge on any atom is -0.497 e. The van der Waals surface area contributed by atoms with Crippen LogP contribution in [0.2, 0.25) is 0 Å². The van der Waals surface area contributed by atoms with E-state index < -0.39 is 11.8 Å². The summed E-state index contributed by atoms with van der Waals surface area (Å²) in [5.74, 6) is -1.26. The normalized spacial score (nSPS) is 10.1. The molecule has 0 atom stereocenters. The van der Waals surface area contributed by atoms with E-state index in [1.54, 1.807) is 7.11 Å². The second-order valence-electron chi connectivity index (χ2n) is 4.20. The van der Waals surface area contributed by atoms with Crippen molar-refractivity contribution in [2.45, 2.75) is 6.54 Å². The summed E-state index contributed by atoms with van der Waals surface area (Å²) in [5.41, 5.74) is 1.21. The number of carboxylic acids is 1. The lowest BCUT2D eigenvalue weighted by atomic mass is 10.1. The van der Waals surface area contributed by atoms with Gasteiger partial charge in [-0.1, -0.05) is 12.1 Å². The van der Waals surface area contributed by atoms with Gasteiger partial charge in [0, 0.05) is 12.2 Å². The Labute approximate surface area is 115 Å². The molecule has 2 aromatic rings. The lowest BCUT2D eigenvalue weighted by Gasteiger charge is -2.08. The first kappa shape index (κ1) is 13.9. The van der Waals surface area contributed by atoms with Crippen molar-refractivity contribution < 1.29 is 19.0 Å². The lowest BCUT2D eigenvalue weighted by molar-refractivity contribution is 0.0692. The van der Waals surface area contributed by atoms with Crippen LogP contribution in [0.4, 0.5) is 10.1 Å². The Kier molecular flexibility index (Phi) is 4.20. The van der Waals surface area contributed by atoms with E-state index in [-0.39, 0.29) is 5.56 Å². The fourth-order valence-electron chi connectivity index (χ4n) is 1.75. The van der Waals surface area contributed by atoms with E-state index in [1.807, 2.05) is 24.3 Å². The second-order valence-corrected chi connectivity index (χ2v) is 4.20. The molecule has 0 spiro atoms. The van der Waals surface area contributed by atoms with E-state index in [4.69, 9.17) is 9.84 Å². The van der Waals surface area contributed by atoms with Crippen LogP contribution >= 0.6 is 0 Å². The zero-order valence-corrected chi connectivity index (χ0v) is 10.9. The summed E-state index contributed by atoms with van der Waals surface area (Å²) in [6.07, 6.45) is 0. The zero-order chi connectivity index (χ0) is 14.5. The molecule has 0 aliphatic heterocycles. The van der Waals surface area contributed by atoms with Crippen molar-refractivity contribution in [3.05, 3.63) is 59.4 Å². The van der Waals surface area contributed by atoms with E-state index in [9.17, 15) is 9.18 Å². The van der Waals surface area contributed by atoms with Gasteiger partial charge in [-0.05, 0) is 35.9 Å². The highest BCUT2D eigenvalue weighted by atomic mass is 19.1. The number of rotatable bonds is 5. The molecule has 0 aliphatic rings. The maximum atomic E-state index is 13.5. The molecule has 0 heterocycles. The third-order valence-electron chi connectivity index (χ3n) is 2.86. The molecule has 2 N–H and O–H groups in total. The SMILES string of the molecule is COc1ccc(CNc2ccc(C(=O)O)c(F)c2)cc1. The summed E-state index contributed by atoms with van der Waals surface area (Å²) in [5, 5.41) is 11.8. The van der Waals surface area contributed by atoms with Crippen LogP contribution in [0.3, 0.4) is 0 Å². The van der Waals surface area contributed by atoms with Gasteiger partial charge >= 0.3 is 5.97 Å². The minimum absolute atomic E-state index is 0.333. The van der Waals surface area contributed by atoms with Crippen molar-refractivity contribution in [3.63, 3.8) is 0 Å². The summed E-state index contributed by atoms with van der Waals surface area (Å²) in [6, 6.07) is 11.4. The van der Waals surface area contributed by atoms with Gasteiger partial charge in [-0.25, -0.2) is 9.18 Å². The lowest BCUT2D eigenvalue weighted by Crippen LogP contribution is -2.03. The number of carbonyl (C=O) groups is 1. The molecule has 0 saturated carbocycles. The van der Waals surface area contributed by atoms with E-state index in [2.05, 4.69) is 5.32 Å². The molecule has 20 heavy (non-hydrogen) atoms. The first-order valence-electron chi connectivity index (χ1n) is 6.00. The van der Waals surface area contributed by atoms with Crippen LogP contribution in [0.5, 0.6) is 5.75 Å². The minimum atomic E-state index is -1.27. The number of methoxy groups -OCH3 is 1. The third kappa shape index (κ3) is 3.26. The number of aromatic carboxylic acids is 1.